The minimum Gasteiger partial charge on any atom is -0.336 e. The number of hydrogen-bond acceptors (Lipinski definition) is 3. The van der Waals surface area contributed by atoms with E-state index in [2.05, 4.69) is 22.1 Å². The number of carbonyl (C=O) groups is 1. The highest BCUT2D eigenvalue weighted by atomic mass is 16.2. The third-order valence-electron chi connectivity index (χ3n) is 4.32. The first kappa shape index (κ1) is 14.0. The van der Waals surface area contributed by atoms with Crippen LogP contribution in [-0.4, -0.2) is 39.1 Å². The standard InChI is InChI=1S/C14H24N4O/c1-4-10-6-8-11(9-7-10)18(3)14(19)13-15-12(5-2)16-17-13/h10-11H,4-9H2,1-3H3,(H,15,16,17). The van der Waals surface area contributed by atoms with E-state index in [1.165, 1.54) is 19.3 Å². The molecule has 1 aliphatic rings. The molecule has 0 atom stereocenters. The Labute approximate surface area is 114 Å². The van der Waals surface area contributed by atoms with Crippen LogP contribution in [0.4, 0.5) is 0 Å². The van der Waals surface area contributed by atoms with Crippen LogP contribution in [-0.2, 0) is 6.42 Å². The molecule has 0 radical (unpaired) electrons. The van der Waals surface area contributed by atoms with E-state index in [9.17, 15) is 4.79 Å². The molecule has 0 spiro atoms. The van der Waals surface area contributed by atoms with Crippen LogP contribution in [0.15, 0.2) is 0 Å². The van der Waals surface area contributed by atoms with Crippen molar-refractivity contribution in [1.82, 2.24) is 20.1 Å². The molecule has 0 aromatic carbocycles. The second-order valence-corrected chi connectivity index (χ2v) is 5.46. The Hall–Kier alpha value is -1.39. The summed E-state index contributed by atoms with van der Waals surface area (Å²) in [5.41, 5.74) is 0. The molecule has 1 saturated carbocycles. The van der Waals surface area contributed by atoms with Gasteiger partial charge in [0.1, 0.15) is 5.82 Å². The number of nitrogens with zero attached hydrogens (tertiary/aromatic N) is 3. The Morgan fingerprint density at radius 2 is 2.00 bits per heavy atom. The number of aryl methyl sites for hydroxylation is 1. The van der Waals surface area contributed by atoms with Crippen molar-refractivity contribution in [3.05, 3.63) is 11.6 Å². The molecule has 5 nitrogen and oxygen atoms in total. The summed E-state index contributed by atoms with van der Waals surface area (Å²) in [7, 11) is 1.88. The Bertz CT molecular complexity index is 421. The Morgan fingerprint density at radius 3 is 2.53 bits per heavy atom. The fourth-order valence-electron chi connectivity index (χ4n) is 2.81. The third kappa shape index (κ3) is 3.14. The number of carbonyl (C=O) groups excluding carboxylic acids is 1. The lowest BCUT2D eigenvalue weighted by atomic mass is 9.84. The number of hydrogen-bond donors (Lipinski definition) is 1. The van der Waals surface area contributed by atoms with E-state index in [1.807, 2.05) is 18.9 Å². The lowest BCUT2D eigenvalue weighted by Gasteiger charge is -2.33. The van der Waals surface area contributed by atoms with Crippen molar-refractivity contribution < 1.29 is 4.79 Å². The average molecular weight is 264 g/mol. The van der Waals surface area contributed by atoms with Crippen LogP contribution in [0, 0.1) is 5.92 Å². The summed E-state index contributed by atoms with van der Waals surface area (Å²) in [5, 5.41) is 6.81. The summed E-state index contributed by atoms with van der Waals surface area (Å²) < 4.78 is 0. The second kappa shape index (κ2) is 6.17. The molecule has 0 bridgehead atoms. The van der Waals surface area contributed by atoms with Gasteiger partial charge in [-0.2, -0.15) is 0 Å². The number of aromatic nitrogens is 3. The van der Waals surface area contributed by atoms with E-state index in [0.717, 1.165) is 31.0 Å². The van der Waals surface area contributed by atoms with Crippen molar-refractivity contribution in [3.8, 4) is 0 Å². The maximum atomic E-state index is 12.3. The Kier molecular flexibility index (Phi) is 4.56. The summed E-state index contributed by atoms with van der Waals surface area (Å²) in [4.78, 5) is 18.4. The zero-order valence-electron chi connectivity index (χ0n) is 12.1. The first-order valence-corrected chi connectivity index (χ1v) is 7.34. The summed E-state index contributed by atoms with van der Waals surface area (Å²) >= 11 is 0. The molecule has 1 N–H and O–H groups in total. The highest BCUT2D eigenvalue weighted by Gasteiger charge is 2.27. The summed E-state index contributed by atoms with van der Waals surface area (Å²) in [6.45, 7) is 4.24. The van der Waals surface area contributed by atoms with Gasteiger partial charge < -0.3 is 4.90 Å². The molecule has 1 amide bonds. The molecule has 2 rings (SSSR count). The number of amides is 1. The summed E-state index contributed by atoms with van der Waals surface area (Å²) in [6.07, 6.45) is 6.69. The van der Waals surface area contributed by atoms with E-state index in [-0.39, 0.29) is 5.91 Å². The van der Waals surface area contributed by atoms with Gasteiger partial charge in [-0.05, 0) is 31.6 Å². The second-order valence-electron chi connectivity index (χ2n) is 5.46. The molecule has 1 aliphatic carbocycles. The molecule has 19 heavy (non-hydrogen) atoms. The minimum absolute atomic E-state index is 0.0594. The van der Waals surface area contributed by atoms with E-state index in [1.54, 1.807) is 0 Å². The molecule has 0 aliphatic heterocycles. The lowest BCUT2D eigenvalue weighted by molar-refractivity contribution is 0.0663. The Balaban J connectivity index is 1.95. The normalized spacial score (nSPS) is 23.3. The predicted octanol–water partition coefficient (Wildman–Crippen LogP) is 2.41. The number of rotatable bonds is 4. The zero-order chi connectivity index (χ0) is 13.8. The largest absolute Gasteiger partial charge is 0.336 e. The first-order valence-electron chi connectivity index (χ1n) is 7.34. The van der Waals surface area contributed by atoms with E-state index in [0.29, 0.717) is 11.9 Å². The van der Waals surface area contributed by atoms with Gasteiger partial charge in [-0.15, -0.1) is 5.10 Å². The average Bonchev–Trinajstić information content (AvgIpc) is 2.94. The molecular weight excluding hydrogens is 240 g/mol. The van der Waals surface area contributed by atoms with E-state index < -0.39 is 0 Å². The van der Waals surface area contributed by atoms with Crippen molar-refractivity contribution in [3.63, 3.8) is 0 Å². The maximum Gasteiger partial charge on any atom is 0.293 e. The molecular formula is C14H24N4O. The molecule has 1 aromatic rings. The molecule has 106 valence electrons. The van der Waals surface area contributed by atoms with Gasteiger partial charge >= 0.3 is 0 Å². The van der Waals surface area contributed by atoms with Crippen molar-refractivity contribution in [1.29, 1.82) is 0 Å². The summed E-state index contributed by atoms with van der Waals surface area (Å²) in [5.74, 6) is 1.86. The van der Waals surface area contributed by atoms with Crippen molar-refractivity contribution >= 4 is 5.91 Å². The lowest BCUT2D eigenvalue weighted by Crippen LogP contribution is -2.39. The van der Waals surface area contributed by atoms with Crippen LogP contribution in [0.2, 0.25) is 0 Å². The van der Waals surface area contributed by atoms with Crippen LogP contribution in [0.5, 0.6) is 0 Å². The third-order valence-corrected chi connectivity index (χ3v) is 4.32. The number of aromatic amines is 1. The highest BCUT2D eigenvalue weighted by Crippen LogP contribution is 2.29. The number of H-pyrrole nitrogens is 1. The van der Waals surface area contributed by atoms with Gasteiger partial charge in [0.25, 0.3) is 5.91 Å². The van der Waals surface area contributed by atoms with Crippen LogP contribution in [0.1, 0.15) is 62.4 Å². The highest BCUT2D eigenvalue weighted by molar-refractivity contribution is 5.90. The Morgan fingerprint density at radius 1 is 1.32 bits per heavy atom. The van der Waals surface area contributed by atoms with Crippen molar-refractivity contribution in [2.24, 2.45) is 5.92 Å². The molecule has 1 fully saturated rings. The molecule has 1 aromatic heterocycles. The fourth-order valence-corrected chi connectivity index (χ4v) is 2.81. The smallest absolute Gasteiger partial charge is 0.293 e. The van der Waals surface area contributed by atoms with Gasteiger partial charge in [-0.25, -0.2) is 4.98 Å². The van der Waals surface area contributed by atoms with Crippen molar-refractivity contribution in [2.75, 3.05) is 7.05 Å². The SMILES string of the molecule is CCc1nc(C(=O)N(C)C2CCC(CC)CC2)n[nH]1. The predicted molar refractivity (Wildman–Crippen MR) is 73.9 cm³/mol. The molecule has 1 heterocycles. The van der Waals surface area contributed by atoms with Gasteiger partial charge in [0.15, 0.2) is 0 Å². The fraction of sp³-hybridized carbons (Fsp3) is 0.786. The monoisotopic (exact) mass is 264 g/mol. The van der Waals surface area contributed by atoms with Crippen LogP contribution >= 0.6 is 0 Å². The summed E-state index contributed by atoms with van der Waals surface area (Å²) in [6, 6.07) is 0.346. The van der Waals surface area contributed by atoms with E-state index in [4.69, 9.17) is 0 Å². The topological polar surface area (TPSA) is 61.9 Å². The van der Waals surface area contributed by atoms with Gasteiger partial charge in [-0.3, -0.25) is 9.89 Å². The molecule has 0 unspecified atom stereocenters. The maximum absolute atomic E-state index is 12.3. The first-order chi connectivity index (χ1) is 9.15. The number of nitrogens with one attached hydrogen (secondary N) is 1. The quantitative estimate of drug-likeness (QED) is 0.908. The van der Waals surface area contributed by atoms with Gasteiger partial charge in [0, 0.05) is 19.5 Å². The molecule has 0 saturated heterocycles. The van der Waals surface area contributed by atoms with Gasteiger partial charge in [-0.1, -0.05) is 20.3 Å². The van der Waals surface area contributed by atoms with Gasteiger partial charge in [0.05, 0.1) is 0 Å². The van der Waals surface area contributed by atoms with Crippen LogP contribution in [0.25, 0.3) is 0 Å². The molecule has 5 heteroatoms. The minimum atomic E-state index is -0.0594. The zero-order valence-corrected chi connectivity index (χ0v) is 12.1. The van der Waals surface area contributed by atoms with Crippen LogP contribution < -0.4 is 0 Å². The van der Waals surface area contributed by atoms with E-state index >= 15 is 0 Å². The van der Waals surface area contributed by atoms with Crippen molar-refractivity contribution in [2.45, 2.75) is 58.4 Å². The van der Waals surface area contributed by atoms with Gasteiger partial charge in [0.2, 0.25) is 5.82 Å². The van der Waals surface area contributed by atoms with Crippen LogP contribution in [0.3, 0.4) is 0 Å².